The van der Waals surface area contributed by atoms with Crippen LogP contribution < -0.4 is 4.65 Å². The Hall–Kier alpha value is -5.38. The van der Waals surface area contributed by atoms with E-state index in [0.29, 0.717) is 5.75 Å². The Kier molecular flexibility index (Phi) is 5.90. The summed E-state index contributed by atoms with van der Waals surface area (Å²) in [4.78, 5) is 0. The summed E-state index contributed by atoms with van der Waals surface area (Å²) < 4.78 is 5.57. The zero-order valence-corrected chi connectivity index (χ0v) is 25.7. The SMILES string of the molecule is CC1(C)c2ccccc2-c2cc3c(-c4ccc5ccccc5c4)c4ccc(O[B]O)cc4c(-c4ccc5ccccc5c4)c3cc21. The van der Waals surface area contributed by atoms with Gasteiger partial charge >= 0.3 is 7.69 Å². The molecule has 8 aromatic rings. The summed E-state index contributed by atoms with van der Waals surface area (Å²) in [6, 6.07) is 50.5. The maximum atomic E-state index is 9.60. The van der Waals surface area contributed by atoms with Crippen molar-refractivity contribution in [3.8, 4) is 39.1 Å². The lowest BCUT2D eigenvalue weighted by molar-refractivity contribution is 0.454. The molecule has 2 nitrogen and oxygen atoms in total. The minimum Gasteiger partial charge on any atom is -0.537 e. The number of benzene rings is 8. The van der Waals surface area contributed by atoms with Crippen molar-refractivity contribution in [2.45, 2.75) is 19.3 Å². The molecule has 1 aliphatic rings. The minimum atomic E-state index is -0.143. The molecule has 0 spiro atoms. The molecule has 0 aliphatic heterocycles. The van der Waals surface area contributed by atoms with E-state index >= 15 is 0 Å². The molecule has 0 unspecified atom stereocenters. The van der Waals surface area contributed by atoms with Gasteiger partial charge in [0.2, 0.25) is 0 Å². The monoisotopic (exact) mass is 589 g/mol. The summed E-state index contributed by atoms with van der Waals surface area (Å²) in [6.45, 7) is 4.68. The highest BCUT2D eigenvalue weighted by Crippen LogP contribution is 2.53. The lowest BCUT2D eigenvalue weighted by atomic mass is 9.79. The van der Waals surface area contributed by atoms with Crippen LogP contribution in [0.15, 0.2) is 140 Å². The molecule has 0 atom stereocenters. The van der Waals surface area contributed by atoms with Crippen LogP contribution in [0.4, 0.5) is 0 Å². The number of fused-ring (bicyclic) bond motifs is 7. The van der Waals surface area contributed by atoms with Crippen molar-refractivity contribution in [2.24, 2.45) is 0 Å². The standard InChI is InChI=1S/C43H30BO2/c1-43(2)39-14-8-7-13-33(39)35-24-37-38(25-40(35)43)42(31-18-16-27-10-4-6-12-29(27)22-31)36-23-32(46-44-45)19-20-34(36)41(37)30-17-15-26-9-3-5-11-28(26)21-30/h3-25,45H,1-2H3. The molecule has 8 aromatic carbocycles. The zero-order valence-electron chi connectivity index (χ0n) is 25.7. The first-order valence-electron chi connectivity index (χ1n) is 15.8. The van der Waals surface area contributed by atoms with E-state index in [1.165, 1.54) is 71.3 Å². The molecule has 46 heavy (non-hydrogen) atoms. The Morgan fingerprint density at radius 1 is 0.478 bits per heavy atom. The molecule has 1 aliphatic carbocycles. The van der Waals surface area contributed by atoms with Gasteiger partial charge in [-0.25, -0.2) is 0 Å². The van der Waals surface area contributed by atoms with Crippen LogP contribution in [-0.2, 0) is 5.41 Å². The van der Waals surface area contributed by atoms with E-state index in [0.717, 1.165) is 24.0 Å². The van der Waals surface area contributed by atoms with Crippen LogP contribution in [0.25, 0.3) is 76.5 Å². The molecule has 0 heterocycles. The molecule has 3 heteroatoms. The smallest absolute Gasteiger partial charge is 0.537 e. The van der Waals surface area contributed by atoms with Gasteiger partial charge in [0.1, 0.15) is 5.75 Å². The summed E-state index contributed by atoms with van der Waals surface area (Å²) in [6.07, 6.45) is 0. The Morgan fingerprint density at radius 2 is 1.04 bits per heavy atom. The second kappa shape index (κ2) is 10.1. The largest absolute Gasteiger partial charge is 0.569 e. The third-order valence-electron chi connectivity index (χ3n) is 10.1. The average molecular weight is 590 g/mol. The van der Waals surface area contributed by atoms with E-state index < -0.39 is 0 Å². The molecule has 217 valence electrons. The van der Waals surface area contributed by atoms with Crippen LogP contribution in [0.3, 0.4) is 0 Å². The molecular formula is C43H30BO2. The van der Waals surface area contributed by atoms with Crippen LogP contribution in [0, 0.1) is 0 Å². The molecule has 1 radical (unpaired) electrons. The highest BCUT2D eigenvalue weighted by atomic mass is 16.5. The Bertz CT molecular complexity index is 2530. The second-order valence-corrected chi connectivity index (χ2v) is 12.9. The van der Waals surface area contributed by atoms with Crippen LogP contribution in [0.2, 0.25) is 0 Å². The van der Waals surface area contributed by atoms with Gasteiger partial charge in [-0.05, 0) is 124 Å². The van der Waals surface area contributed by atoms with Gasteiger partial charge in [-0.2, -0.15) is 0 Å². The van der Waals surface area contributed by atoms with Gasteiger partial charge in [-0.15, -0.1) is 0 Å². The summed E-state index contributed by atoms with van der Waals surface area (Å²) in [5, 5.41) is 19.1. The Morgan fingerprint density at radius 3 is 1.72 bits per heavy atom. The normalized spacial score (nSPS) is 13.3. The number of hydrogen-bond acceptors (Lipinski definition) is 2. The van der Waals surface area contributed by atoms with Crippen molar-refractivity contribution in [1.82, 2.24) is 0 Å². The Labute approximate surface area is 268 Å². The maximum absolute atomic E-state index is 9.60. The predicted molar refractivity (Wildman–Crippen MR) is 194 cm³/mol. The summed E-state index contributed by atoms with van der Waals surface area (Å²) >= 11 is 0. The minimum absolute atomic E-state index is 0.143. The van der Waals surface area contributed by atoms with E-state index in [2.05, 4.69) is 147 Å². The first-order valence-corrected chi connectivity index (χ1v) is 15.8. The second-order valence-electron chi connectivity index (χ2n) is 12.9. The molecule has 0 saturated heterocycles. The lowest BCUT2D eigenvalue weighted by Gasteiger charge is -2.24. The first kappa shape index (κ1) is 27.0. The number of rotatable bonds is 4. The summed E-state index contributed by atoms with van der Waals surface area (Å²) in [7, 11) is 0.759. The van der Waals surface area contributed by atoms with Crippen LogP contribution in [0.5, 0.6) is 5.75 Å². The molecule has 0 amide bonds. The van der Waals surface area contributed by atoms with Crippen molar-refractivity contribution >= 4 is 50.8 Å². The molecule has 1 N–H and O–H groups in total. The van der Waals surface area contributed by atoms with Crippen molar-refractivity contribution in [3.05, 3.63) is 151 Å². The van der Waals surface area contributed by atoms with Crippen LogP contribution in [0.1, 0.15) is 25.0 Å². The molecule has 0 bridgehead atoms. The van der Waals surface area contributed by atoms with Gasteiger partial charge in [-0.3, -0.25) is 0 Å². The van der Waals surface area contributed by atoms with Crippen molar-refractivity contribution in [2.75, 3.05) is 0 Å². The maximum Gasteiger partial charge on any atom is 0.569 e. The topological polar surface area (TPSA) is 29.5 Å². The molecule has 0 aromatic heterocycles. The van der Waals surface area contributed by atoms with E-state index in [9.17, 15) is 5.02 Å². The fourth-order valence-electron chi connectivity index (χ4n) is 7.85. The van der Waals surface area contributed by atoms with Gasteiger partial charge in [-0.1, -0.05) is 117 Å². The van der Waals surface area contributed by atoms with Crippen LogP contribution >= 0.6 is 0 Å². The van der Waals surface area contributed by atoms with Gasteiger partial charge in [0.15, 0.2) is 0 Å². The fourth-order valence-corrected chi connectivity index (χ4v) is 7.85. The van der Waals surface area contributed by atoms with E-state index in [1.54, 1.807) is 0 Å². The number of hydrogen-bond donors (Lipinski definition) is 1. The van der Waals surface area contributed by atoms with E-state index in [4.69, 9.17) is 4.65 Å². The lowest BCUT2D eigenvalue weighted by Crippen LogP contribution is -2.14. The molecule has 0 saturated carbocycles. The predicted octanol–water partition coefficient (Wildman–Crippen LogP) is 10.8. The van der Waals surface area contributed by atoms with Crippen molar-refractivity contribution < 1.29 is 9.68 Å². The van der Waals surface area contributed by atoms with Gasteiger partial charge in [0.25, 0.3) is 0 Å². The molecular weight excluding hydrogens is 559 g/mol. The Balaban J connectivity index is 1.48. The first-order chi connectivity index (χ1) is 22.5. The van der Waals surface area contributed by atoms with Gasteiger partial charge in [0.05, 0.1) is 0 Å². The molecule has 9 rings (SSSR count). The highest BCUT2D eigenvalue weighted by molar-refractivity contribution is 6.24. The highest BCUT2D eigenvalue weighted by Gasteiger charge is 2.36. The zero-order chi connectivity index (χ0) is 31.0. The summed E-state index contributed by atoms with van der Waals surface area (Å²) in [5.41, 5.74) is 9.85. The van der Waals surface area contributed by atoms with Crippen LogP contribution in [-0.4, -0.2) is 12.7 Å². The van der Waals surface area contributed by atoms with E-state index in [1.807, 2.05) is 6.07 Å². The fraction of sp³-hybridized carbons (Fsp3) is 0.0698. The van der Waals surface area contributed by atoms with Crippen molar-refractivity contribution in [1.29, 1.82) is 0 Å². The van der Waals surface area contributed by atoms with E-state index in [-0.39, 0.29) is 5.41 Å². The van der Waals surface area contributed by atoms with Crippen molar-refractivity contribution in [3.63, 3.8) is 0 Å². The summed E-state index contributed by atoms with van der Waals surface area (Å²) in [5.74, 6) is 0.592. The quantitative estimate of drug-likeness (QED) is 0.163. The third kappa shape index (κ3) is 3.95. The van der Waals surface area contributed by atoms with Gasteiger partial charge in [0, 0.05) is 5.41 Å². The molecule has 0 fully saturated rings. The van der Waals surface area contributed by atoms with Gasteiger partial charge < -0.3 is 9.68 Å². The third-order valence-corrected chi connectivity index (χ3v) is 10.1. The average Bonchev–Trinajstić information content (AvgIpc) is 3.31.